The van der Waals surface area contributed by atoms with Crippen LogP contribution in [-0.4, -0.2) is 66.0 Å². The van der Waals surface area contributed by atoms with E-state index in [0.29, 0.717) is 38.6 Å². The minimum atomic E-state index is -0.144. The molecule has 1 fully saturated rings. The van der Waals surface area contributed by atoms with Gasteiger partial charge in [-0.15, -0.1) is 0 Å². The van der Waals surface area contributed by atoms with E-state index in [-0.39, 0.29) is 24.5 Å². The maximum atomic E-state index is 12.4. The Hall–Kier alpha value is -1.93. The smallest absolute Gasteiger partial charge is 0.248 e. The van der Waals surface area contributed by atoms with Gasteiger partial charge in [0.15, 0.2) is 0 Å². The number of carbonyl (C=O) groups is 2. The first-order valence-corrected chi connectivity index (χ1v) is 9.39. The van der Waals surface area contributed by atoms with Crippen molar-refractivity contribution in [3.63, 3.8) is 0 Å². The van der Waals surface area contributed by atoms with Crippen LogP contribution >= 0.6 is 0 Å². The molecule has 0 bridgehead atoms. The topological polar surface area (TPSA) is 85.7 Å². The first-order valence-electron chi connectivity index (χ1n) is 9.39. The maximum absolute atomic E-state index is 12.4. The highest BCUT2D eigenvalue weighted by Crippen LogP contribution is 2.23. The van der Waals surface area contributed by atoms with Crippen LogP contribution in [0.25, 0.3) is 0 Å². The lowest BCUT2D eigenvalue weighted by atomic mass is 10.0. The molecule has 0 radical (unpaired) electrons. The standard InChI is InChI=1S/C18H28N4O4/c1-2-25-13-18(24)21-11-15-3-6-20-22(15)16(12-21)9-17(23)19-10-14-4-7-26-8-5-14/h3,6,14,16H,2,4-5,7-13H2,1H3,(H,19,23)/t16-/m0/s1. The molecule has 3 heterocycles. The normalized spacial score (nSPS) is 20.7. The second-order valence-corrected chi connectivity index (χ2v) is 6.90. The minimum absolute atomic E-state index is 0.00190. The molecular weight excluding hydrogens is 336 g/mol. The van der Waals surface area contributed by atoms with Gasteiger partial charge in [-0.3, -0.25) is 14.3 Å². The second kappa shape index (κ2) is 9.14. The molecule has 1 aromatic heterocycles. The molecule has 26 heavy (non-hydrogen) atoms. The molecule has 0 aliphatic carbocycles. The number of nitrogens with zero attached hydrogens (tertiary/aromatic N) is 3. The number of carbonyl (C=O) groups excluding carboxylic acids is 2. The molecule has 1 atom stereocenters. The highest BCUT2D eigenvalue weighted by molar-refractivity contribution is 5.78. The molecule has 8 nitrogen and oxygen atoms in total. The van der Waals surface area contributed by atoms with Gasteiger partial charge in [0.25, 0.3) is 0 Å². The molecule has 2 amide bonds. The van der Waals surface area contributed by atoms with E-state index in [1.807, 2.05) is 17.7 Å². The van der Waals surface area contributed by atoms with Gasteiger partial charge in [-0.05, 0) is 31.7 Å². The molecule has 2 aliphatic rings. The van der Waals surface area contributed by atoms with Crippen LogP contribution in [0.2, 0.25) is 0 Å². The van der Waals surface area contributed by atoms with E-state index < -0.39 is 0 Å². The first kappa shape index (κ1) is 18.8. The van der Waals surface area contributed by atoms with Crippen LogP contribution in [0, 0.1) is 5.92 Å². The van der Waals surface area contributed by atoms with Crippen LogP contribution < -0.4 is 5.32 Å². The van der Waals surface area contributed by atoms with E-state index in [4.69, 9.17) is 9.47 Å². The molecule has 0 spiro atoms. The summed E-state index contributed by atoms with van der Waals surface area (Å²) in [6.45, 7) is 5.67. The lowest BCUT2D eigenvalue weighted by Gasteiger charge is -2.33. The Morgan fingerprint density at radius 2 is 2.19 bits per heavy atom. The van der Waals surface area contributed by atoms with Crippen LogP contribution in [0.15, 0.2) is 12.3 Å². The van der Waals surface area contributed by atoms with E-state index in [2.05, 4.69) is 10.4 Å². The Balaban J connectivity index is 1.55. The zero-order chi connectivity index (χ0) is 18.4. The van der Waals surface area contributed by atoms with E-state index >= 15 is 0 Å². The summed E-state index contributed by atoms with van der Waals surface area (Å²) in [5.74, 6) is 0.442. The number of nitrogens with one attached hydrogen (secondary N) is 1. The van der Waals surface area contributed by atoms with Gasteiger partial charge in [0.2, 0.25) is 11.8 Å². The molecule has 8 heteroatoms. The van der Waals surface area contributed by atoms with E-state index in [1.54, 1.807) is 11.1 Å². The Kier molecular flexibility index (Phi) is 6.62. The fourth-order valence-corrected chi connectivity index (χ4v) is 3.50. The van der Waals surface area contributed by atoms with Crippen molar-refractivity contribution in [3.05, 3.63) is 18.0 Å². The van der Waals surface area contributed by atoms with Crippen LogP contribution in [0.4, 0.5) is 0 Å². The zero-order valence-electron chi connectivity index (χ0n) is 15.4. The SMILES string of the molecule is CCOCC(=O)N1Cc2ccnn2[C@@H](CC(=O)NCC2CCOCC2)C1. The maximum Gasteiger partial charge on any atom is 0.248 e. The Morgan fingerprint density at radius 1 is 1.38 bits per heavy atom. The molecule has 2 aliphatic heterocycles. The molecule has 1 aromatic rings. The highest BCUT2D eigenvalue weighted by atomic mass is 16.5. The van der Waals surface area contributed by atoms with Crippen molar-refractivity contribution >= 4 is 11.8 Å². The number of fused-ring (bicyclic) bond motifs is 1. The third kappa shape index (κ3) is 4.82. The molecular formula is C18H28N4O4. The van der Waals surface area contributed by atoms with Crippen molar-refractivity contribution in [1.29, 1.82) is 0 Å². The summed E-state index contributed by atoms with van der Waals surface area (Å²) in [6, 6.07) is 1.75. The monoisotopic (exact) mass is 364 g/mol. The Bertz CT molecular complexity index is 612. The van der Waals surface area contributed by atoms with Gasteiger partial charge in [0.05, 0.1) is 24.7 Å². The van der Waals surface area contributed by atoms with Gasteiger partial charge in [0.1, 0.15) is 6.61 Å². The predicted octanol–water partition coefficient (Wildman–Crippen LogP) is 0.736. The van der Waals surface area contributed by atoms with Crippen molar-refractivity contribution in [2.24, 2.45) is 5.92 Å². The third-order valence-electron chi connectivity index (χ3n) is 5.01. The van der Waals surface area contributed by atoms with E-state index in [0.717, 1.165) is 31.7 Å². The van der Waals surface area contributed by atoms with Crippen molar-refractivity contribution < 1.29 is 19.1 Å². The Morgan fingerprint density at radius 3 is 2.96 bits per heavy atom. The fourth-order valence-electron chi connectivity index (χ4n) is 3.50. The van der Waals surface area contributed by atoms with Crippen LogP contribution in [0.5, 0.6) is 0 Å². The predicted molar refractivity (Wildman–Crippen MR) is 94.3 cm³/mol. The van der Waals surface area contributed by atoms with Crippen LogP contribution in [-0.2, 0) is 25.6 Å². The largest absolute Gasteiger partial charge is 0.381 e. The highest BCUT2D eigenvalue weighted by Gasteiger charge is 2.30. The summed E-state index contributed by atoms with van der Waals surface area (Å²) in [5.41, 5.74) is 0.948. The summed E-state index contributed by atoms with van der Waals surface area (Å²) in [7, 11) is 0. The van der Waals surface area contributed by atoms with Gasteiger partial charge in [0, 0.05) is 39.1 Å². The number of amides is 2. The van der Waals surface area contributed by atoms with Gasteiger partial charge in [-0.25, -0.2) is 0 Å². The first-order chi connectivity index (χ1) is 12.7. The van der Waals surface area contributed by atoms with Crippen LogP contribution in [0.3, 0.4) is 0 Å². The summed E-state index contributed by atoms with van der Waals surface area (Å²) in [4.78, 5) is 26.5. The van der Waals surface area contributed by atoms with Crippen molar-refractivity contribution in [3.8, 4) is 0 Å². The molecule has 1 saturated heterocycles. The summed E-state index contributed by atoms with van der Waals surface area (Å²) >= 11 is 0. The van der Waals surface area contributed by atoms with Gasteiger partial charge >= 0.3 is 0 Å². The number of hydrogen-bond donors (Lipinski definition) is 1. The molecule has 0 aromatic carbocycles. The molecule has 0 unspecified atom stereocenters. The van der Waals surface area contributed by atoms with E-state index in [9.17, 15) is 9.59 Å². The average Bonchev–Trinajstić information content (AvgIpc) is 3.14. The second-order valence-electron chi connectivity index (χ2n) is 6.90. The molecule has 1 N–H and O–H groups in total. The minimum Gasteiger partial charge on any atom is -0.381 e. The Labute approximate surface area is 153 Å². The zero-order valence-corrected chi connectivity index (χ0v) is 15.4. The van der Waals surface area contributed by atoms with Crippen molar-refractivity contribution in [1.82, 2.24) is 20.0 Å². The summed E-state index contributed by atoms with van der Waals surface area (Å²) in [6.07, 6.45) is 4.02. The number of ether oxygens (including phenoxy) is 2. The quantitative estimate of drug-likeness (QED) is 0.771. The van der Waals surface area contributed by atoms with Crippen molar-refractivity contribution in [2.45, 2.75) is 38.8 Å². The summed E-state index contributed by atoms with van der Waals surface area (Å²) < 4.78 is 12.5. The van der Waals surface area contributed by atoms with Gasteiger partial charge in [-0.1, -0.05) is 0 Å². The average molecular weight is 364 g/mol. The molecule has 0 saturated carbocycles. The summed E-state index contributed by atoms with van der Waals surface area (Å²) in [5, 5.41) is 7.39. The lowest BCUT2D eigenvalue weighted by molar-refractivity contribution is -0.138. The number of rotatable bonds is 7. The lowest BCUT2D eigenvalue weighted by Crippen LogP contribution is -2.44. The van der Waals surface area contributed by atoms with Crippen LogP contribution in [0.1, 0.15) is 37.9 Å². The third-order valence-corrected chi connectivity index (χ3v) is 5.01. The van der Waals surface area contributed by atoms with Gasteiger partial charge in [-0.2, -0.15) is 5.10 Å². The number of aromatic nitrogens is 2. The fraction of sp³-hybridized carbons (Fsp3) is 0.722. The molecule has 144 valence electrons. The van der Waals surface area contributed by atoms with E-state index in [1.165, 1.54) is 0 Å². The number of hydrogen-bond acceptors (Lipinski definition) is 5. The van der Waals surface area contributed by atoms with Gasteiger partial charge < -0.3 is 19.7 Å². The molecule has 3 rings (SSSR count). The van der Waals surface area contributed by atoms with Crippen molar-refractivity contribution in [2.75, 3.05) is 39.5 Å².